The second-order valence-electron chi connectivity index (χ2n) is 11.8. The Morgan fingerprint density at radius 2 is 1.76 bits per heavy atom. The van der Waals surface area contributed by atoms with Crippen molar-refractivity contribution >= 4 is 33.2 Å². The fourth-order valence-corrected chi connectivity index (χ4v) is 7.99. The van der Waals surface area contributed by atoms with Gasteiger partial charge in [0.2, 0.25) is 0 Å². The Kier molecular flexibility index (Phi) is 8.30. The van der Waals surface area contributed by atoms with E-state index in [0.717, 1.165) is 41.0 Å². The zero-order valence-electron chi connectivity index (χ0n) is 22.8. The van der Waals surface area contributed by atoms with Gasteiger partial charge in [-0.2, -0.15) is 0 Å². The second kappa shape index (κ2) is 11.0. The third-order valence-electron chi connectivity index (χ3n) is 7.46. The van der Waals surface area contributed by atoms with E-state index in [1.54, 1.807) is 33.9 Å². The van der Waals surface area contributed by atoms with Crippen LogP contribution in [0.3, 0.4) is 0 Å². The molecule has 2 aromatic heterocycles. The summed E-state index contributed by atoms with van der Waals surface area (Å²) in [7, 11) is -3.81. The Balaban J connectivity index is 1.66. The number of carbonyl (C=O) groups excluding carboxylic acids is 1. The number of carboxylic acids is 1. The second-order valence-corrected chi connectivity index (χ2v) is 14.4. The summed E-state index contributed by atoms with van der Waals surface area (Å²) in [5.41, 5.74) is 2.35. The molecule has 2 aromatic rings. The molecule has 0 spiro atoms. The van der Waals surface area contributed by atoms with E-state index in [0.29, 0.717) is 29.3 Å². The Morgan fingerprint density at radius 3 is 2.37 bits per heavy atom. The van der Waals surface area contributed by atoms with Crippen LogP contribution in [0.2, 0.25) is 0 Å². The smallest absolute Gasteiger partial charge is 0.306 e. The Bertz CT molecular complexity index is 1320. The summed E-state index contributed by atoms with van der Waals surface area (Å²) < 4.78 is 28.7. The number of pyridine rings is 1. The highest BCUT2D eigenvalue weighted by Crippen LogP contribution is 2.38. The molecular formula is C27H38N4O5S2. The van der Waals surface area contributed by atoms with Crippen molar-refractivity contribution in [1.82, 2.24) is 20.0 Å². The third-order valence-corrected chi connectivity index (χ3v) is 10.4. The number of hydrogen-bond donors (Lipinski definition) is 3. The van der Waals surface area contributed by atoms with Crippen LogP contribution >= 0.6 is 11.3 Å². The first-order valence-corrected chi connectivity index (χ1v) is 15.6. The quantitative estimate of drug-likeness (QED) is 0.427. The molecule has 4 rings (SSSR count). The van der Waals surface area contributed by atoms with Crippen LogP contribution in [0, 0.1) is 25.7 Å². The normalized spacial score (nSPS) is 20.7. The lowest BCUT2D eigenvalue weighted by Gasteiger charge is -2.32. The predicted octanol–water partition coefficient (Wildman–Crippen LogP) is 4.61. The summed E-state index contributed by atoms with van der Waals surface area (Å²) in [4.78, 5) is 34.2. The summed E-state index contributed by atoms with van der Waals surface area (Å²) in [5.74, 6) is -1.04. The van der Waals surface area contributed by atoms with Gasteiger partial charge in [0, 0.05) is 23.3 Å². The van der Waals surface area contributed by atoms with Gasteiger partial charge in [-0.05, 0) is 70.9 Å². The molecule has 0 aliphatic heterocycles. The zero-order chi connectivity index (χ0) is 27.8. The predicted molar refractivity (Wildman–Crippen MR) is 147 cm³/mol. The Morgan fingerprint density at radius 1 is 1.11 bits per heavy atom. The SMILES string of the molecule is Cc1c(-c2sc(C(=O)NC3CC(C(=O)O)C3)nc2CC2CCCCC2)cnc(S(=O)(=O)NC(C)(C)C)c1C. The fourth-order valence-electron chi connectivity index (χ4n) is 5.28. The standard InChI is InChI=1S/C27H38N4O5S2/c1-15-16(2)25(38(35,36)31-27(3,4)5)28-14-20(15)22-21(11-17-9-7-6-8-10-17)30-24(37-22)23(32)29-19-12-18(13-19)26(33)34/h14,17-19,31H,6-13H2,1-5H3,(H,29,32)(H,33,34). The number of aliphatic carboxylic acids is 1. The highest BCUT2D eigenvalue weighted by molar-refractivity contribution is 7.89. The van der Waals surface area contributed by atoms with E-state index in [2.05, 4.69) is 15.0 Å². The summed E-state index contributed by atoms with van der Waals surface area (Å²) in [6.45, 7) is 9.00. The third kappa shape index (κ3) is 6.43. The van der Waals surface area contributed by atoms with E-state index in [-0.39, 0.29) is 17.0 Å². The van der Waals surface area contributed by atoms with E-state index in [1.807, 2.05) is 6.92 Å². The summed E-state index contributed by atoms with van der Waals surface area (Å²) in [6, 6.07) is -0.164. The first kappa shape index (κ1) is 28.6. The molecule has 0 bridgehead atoms. The lowest BCUT2D eigenvalue weighted by atomic mass is 9.80. The molecule has 0 unspecified atom stereocenters. The largest absolute Gasteiger partial charge is 0.481 e. The lowest BCUT2D eigenvalue weighted by molar-refractivity contribution is -0.145. The van der Waals surface area contributed by atoms with Crippen LogP contribution in [0.4, 0.5) is 0 Å². The first-order valence-electron chi connectivity index (χ1n) is 13.3. The molecule has 9 nitrogen and oxygen atoms in total. The van der Waals surface area contributed by atoms with Crippen molar-refractivity contribution in [3.8, 4) is 10.4 Å². The highest BCUT2D eigenvalue weighted by Gasteiger charge is 2.36. The Hall–Kier alpha value is -2.37. The van der Waals surface area contributed by atoms with Crippen LogP contribution in [0.25, 0.3) is 10.4 Å². The van der Waals surface area contributed by atoms with Crippen molar-refractivity contribution in [3.05, 3.63) is 28.0 Å². The number of carbonyl (C=O) groups is 2. The maximum absolute atomic E-state index is 13.1. The van der Waals surface area contributed by atoms with Crippen LogP contribution in [0.15, 0.2) is 11.2 Å². The molecule has 2 fully saturated rings. The van der Waals surface area contributed by atoms with Crippen molar-refractivity contribution in [2.75, 3.05) is 0 Å². The maximum Gasteiger partial charge on any atom is 0.306 e. The molecule has 2 heterocycles. The van der Waals surface area contributed by atoms with E-state index >= 15 is 0 Å². The van der Waals surface area contributed by atoms with Crippen LogP contribution in [-0.4, -0.2) is 46.9 Å². The average molecular weight is 563 g/mol. The summed E-state index contributed by atoms with van der Waals surface area (Å²) in [6.07, 6.45) is 9.08. The molecule has 0 aromatic carbocycles. The number of hydrogen-bond acceptors (Lipinski definition) is 7. The fraction of sp³-hybridized carbons (Fsp3) is 0.630. The van der Waals surface area contributed by atoms with Crippen molar-refractivity contribution < 1.29 is 23.1 Å². The van der Waals surface area contributed by atoms with Gasteiger partial charge in [-0.1, -0.05) is 32.1 Å². The molecule has 1 amide bonds. The van der Waals surface area contributed by atoms with Crippen LogP contribution in [-0.2, 0) is 21.2 Å². The molecule has 0 saturated heterocycles. The molecule has 38 heavy (non-hydrogen) atoms. The molecule has 2 saturated carbocycles. The van der Waals surface area contributed by atoms with Crippen LogP contribution < -0.4 is 10.0 Å². The monoisotopic (exact) mass is 562 g/mol. The van der Waals surface area contributed by atoms with Gasteiger partial charge in [-0.15, -0.1) is 11.3 Å². The van der Waals surface area contributed by atoms with Crippen LogP contribution in [0.5, 0.6) is 0 Å². The number of aromatic nitrogens is 2. The van der Waals surface area contributed by atoms with Gasteiger partial charge in [0.25, 0.3) is 15.9 Å². The molecule has 2 aliphatic rings. The van der Waals surface area contributed by atoms with Gasteiger partial charge >= 0.3 is 5.97 Å². The number of thiazole rings is 1. The zero-order valence-corrected chi connectivity index (χ0v) is 24.4. The number of rotatable bonds is 8. The molecule has 11 heteroatoms. The van der Waals surface area contributed by atoms with Gasteiger partial charge in [0.1, 0.15) is 0 Å². The minimum atomic E-state index is -3.81. The molecule has 0 atom stereocenters. The minimum Gasteiger partial charge on any atom is -0.481 e. The first-order chi connectivity index (χ1) is 17.7. The lowest BCUT2D eigenvalue weighted by Crippen LogP contribution is -2.46. The van der Waals surface area contributed by atoms with Crippen molar-refractivity contribution in [3.63, 3.8) is 0 Å². The van der Waals surface area contributed by atoms with Gasteiger partial charge in [-0.3, -0.25) is 9.59 Å². The molecule has 0 radical (unpaired) electrons. The van der Waals surface area contributed by atoms with E-state index in [4.69, 9.17) is 10.1 Å². The number of sulfonamides is 1. The summed E-state index contributed by atoms with van der Waals surface area (Å²) >= 11 is 1.29. The van der Waals surface area contributed by atoms with Crippen molar-refractivity contribution in [2.24, 2.45) is 11.8 Å². The highest BCUT2D eigenvalue weighted by atomic mass is 32.2. The number of nitrogens with zero attached hydrogens (tertiary/aromatic N) is 2. The van der Waals surface area contributed by atoms with Gasteiger partial charge in [0.15, 0.2) is 10.0 Å². The average Bonchev–Trinajstić information content (AvgIpc) is 3.19. The summed E-state index contributed by atoms with van der Waals surface area (Å²) in [5, 5.41) is 12.4. The molecule has 208 valence electrons. The van der Waals surface area contributed by atoms with E-state index in [1.165, 1.54) is 30.6 Å². The van der Waals surface area contributed by atoms with Crippen LogP contribution in [0.1, 0.15) is 92.3 Å². The van der Waals surface area contributed by atoms with E-state index < -0.39 is 27.4 Å². The molecule has 3 N–H and O–H groups in total. The maximum atomic E-state index is 13.1. The molecular weight excluding hydrogens is 524 g/mol. The van der Waals surface area contributed by atoms with E-state index in [9.17, 15) is 18.0 Å². The topological polar surface area (TPSA) is 138 Å². The molecule has 2 aliphatic carbocycles. The van der Waals surface area contributed by atoms with Crippen molar-refractivity contribution in [1.29, 1.82) is 0 Å². The van der Waals surface area contributed by atoms with Gasteiger partial charge in [0.05, 0.1) is 16.5 Å². The number of amides is 1. The van der Waals surface area contributed by atoms with Crippen molar-refractivity contribution in [2.45, 2.75) is 103 Å². The number of carboxylic acid groups (broad SMARTS) is 1. The van der Waals surface area contributed by atoms with Gasteiger partial charge < -0.3 is 10.4 Å². The Labute approximate surface area is 228 Å². The van der Waals surface area contributed by atoms with Gasteiger partial charge in [-0.25, -0.2) is 23.1 Å². The minimum absolute atomic E-state index is 0.00274. The number of nitrogens with one attached hydrogen (secondary N) is 2.